The molecule has 0 spiro atoms. The molecule has 0 amide bonds. The lowest BCUT2D eigenvalue weighted by atomic mass is 9.99. The average molecular weight is 332 g/mol. The summed E-state index contributed by atoms with van der Waals surface area (Å²) in [5.74, 6) is 0.416. The van der Waals surface area contributed by atoms with Gasteiger partial charge in [0.2, 0.25) is 10.0 Å². The highest BCUT2D eigenvalue weighted by atomic mass is 32.2. The third kappa shape index (κ3) is 5.03. The van der Waals surface area contributed by atoms with E-state index in [4.69, 9.17) is 0 Å². The second kappa shape index (κ2) is 7.69. The monoisotopic (exact) mass is 331 g/mol. The van der Waals surface area contributed by atoms with E-state index in [1.165, 1.54) is 11.3 Å². The fourth-order valence-corrected chi connectivity index (χ4v) is 4.96. The van der Waals surface area contributed by atoms with Crippen LogP contribution in [0.4, 0.5) is 0 Å². The molecule has 1 aliphatic rings. The minimum atomic E-state index is -3.36. The summed E-state index contributed by atoms with van der Waals surface area (Å²) in [5, 5.41) is 5.11. The molecule has 5 nitrogen and oxygen atoms in total. The van der Waals surface area contributed by atoms with Crippen LogP contribution in [0, 0.1) is 5.92 Å². The van der Waals surface area contributed by atoms with Crippen molar-refractivity contribution in [2.24, 2.45) is 5.92 Å². The van der Waals surface area contributed by atoms with E-state index in [-0.39, 0.29) is 0 Å². The van der Waals surface area contributed by atoms with Gasteiger partial charge in [-0.05, 0) is 55.9 Å². The van der Waals surface area contributed by atoms with Crippen LogP contribution in [0.15, 0.2) is 15.7 Å². The normalized spacial score (nSPS) is 20.8. The highest BCUT2D eigenvalue weighted by Gasteiger charge is 2.21. The second-order valence-electron chi connectivity index (χ2n) is 5.68. The molecule has 1 aromatic heterocycles. The third-order valence-electron chi connectivity index (χ3n) is 3.76. The summed E-state index contributed by atoms with van der Waals surface area (Å²) in [6.07, 6.45) is 2.25. The van der Waals surface area contributed by atoms with Crippen molar-refractivity contribution < 1.29 is 8.42 Å². The molecule has 1 saturated heterocycles. The molecule has 7 heteroatoms. The van der Waals surface area contributed by atoms with Gasteiger partial charge in [0.15, 0.2) is 0 Å². The topological polar surface area (TPSA) is 61.4 Å². The number of nitrogens with one attached hydrogen (secondary N) is 2. The Balaban J connectivity index is 1.90. The summed E-state index contributed by atoms with van der Waals surface area (Å²) in [6.45, 7) is 6.25. The zero-order chi connectivity index (χ0) is 15.3. The molecule has 1 unspecified atom stereocenters. The van der Waals surface area contributed by atoms with Crippen molar-refractivity contribution in [3.05, 3.63) is 17.0 Å². The first-order chi connectivity index (χ1) is 10.0. The molecular weight excluding hydrogens is 306 g/mol. The summed E-state index contributed by atoms with van der Waals surface area (Å²) < 4.78 is 27.8. The fraction of sp³-hybridized carbons (Fsp3) is 0.714. The number of hydrogen-bond donors (Lipinski definition) is 2. The van der Waals surface area contributed by atoms with Crippen LogP contribution in [0.1, 0.15) is 25.3 Å². The number of sulfonamides is 1. The van der Waals surface area contributed by atoms with Gasteiger partial charge >= 0.3 is 0 Å². The van der Waals surface area contributed by atoms with Crippen molar-refractivity contribution in [2.75, 3.05) is 33.2 Å². The van der Waals surface area contributed by atoms with Gasteiger partial charge in [-0.15, -0.1) is 11.3 Å². The molecule has 0 radical (unpaired) electrons. The molecule has 0 aliphatic carbocycles. The van der Waals surface area contributed by atoms with E-state index in [0.717, 1.165) is 44.6 Å². The smallest absolute Gasteiger partial charge is 0.250 e. The van der Waals surface area contributed by atoms with Gasteiger partial charge in [0.25, 0.3) is 0 Å². The highest BCUT2D eigenvalue weighted by molar-refractivity contribution is 7.91. The summed E-state index contributed by atoms with van der Waals surface area (Å²) in [4.78, 5) is 2.27. The number of thiophene rings is 1. The lowest BCUT2D eigenvalue weighted by molar-refractivity contribution is 0.211. The molecule has 2 rings (SSSR count). The molecule has 21 heavy (non-hydrogen) atoms. The van der Waals surface area contributed by atoms with Gasteiger partial charge < -0.3 is 10.2 Å². The second-order valence-corrected chi connectivity index (χ2v) is 8.58. The Kier molecular flexibility index (Phi) is 6.19. The molecule has 1 atom stereocenters. The fourth-order valence-electron chi connectivity index (χ4n) is 2.59. The number of piperidine rings is 1. The summed E-state index contributed by atoms with van der Waals surface area (Å²) >= 11 is 1.29. The molecule has 0 saturated carbocycles. The van der Waals surface area contributed by atoms with E-state index >= 15 is 0 Å². The predicted molar refractivity (Wildman–Crippen MR) is 87.1 cm³/mol. The van der Waals surface area contributed by atoms with Crippen molar-refractivity contribution in [3.63, 3.8) is 0 Å². The van der Waals surface area contributed by atoms with E-state index < -0.39 is 10.0 Å². The Morgan fingerprint density at radius 1 is 1.48 bits per heavy atom. The summed E-state index contributed by atoms with van der Waals surface area (Å²) in [7, 11) is -1.27. The quantitative estimate of drug-likeness (QED) is 0.794. The van der Waals surface area contributed by atoms with Gasteiger partial charge in [-0.1, -0.05) is 6.92 Å². The van der Waals surface area contributed by atoms with Gasteiger partial charge in [0, 0.05) is 19.6 Å². The van der Waals surface area contributed by atoms with Crippen molar-refractivity contribution in [3.8, 4) is 0 Å². The van der Waals surface area contributed by atoms with E-state index in [1.54, 1.807) is 6.07 Å². The Morgan fingerprint density at radius 3 is 3.00 bits per heavy atom. The van der Waals surface area contributed by atoms with Crippen LogP contribution in [-0.4, -0.2) is 46.5 Å². The Bertz CT molecular complexity index is 542. The third-order valence-corrected chi connectivity index (χ3v) is 6.67. The molecule has 120 valence electrons. The molecule has 1 fully saturated rings. The molecule has 2 N–H and O–H groups in total. The van der Waals surface area contributed by atoms with Crippen molar-refractivity contribution >= 4 is 21.4 Å². The van der Waals surface area contributed by atoms with E-state index in [0.29, 0.717) is 16.7 Å². The number of hydrogen-bond acceptors (Lipinski definition) is 5. The Morgan fingerprint density at radius 2 is 2.29 bits per heavy atom. The van der Waals surface area contributed by atoms with Crippen LogP contribution in [0.25, 0.3) is 0 Å². The minimum absolute atomic E-state index is 0.416. The van der Waals surface area contributed by atoms with Crippen LogP contribution in [0.2, 0.25) is 0 Å². The van der Waals surface area contributed by atoms with E-state index in [9.17, 15) is 8.42 Å². The lowest BCUT2D eigenvalue weighted by Gasteiger charge is -2.29. The zero-order valence-electron chi connectivity index (χ0n) is 12.8. The van der Waals surface area contributed by atoms with Crippen LogP contribution in [0.3, 0.4) is 0 Å². The SMILES string of the molecule is CCNCc1csc(S(=O)(=O)NCC2CCCN(C)C2)c1. The maximum Gasteiger partial charge on any atom is 0.250 e. The van der Waals surface area contributed by atoms with Crippen LogP contribution >= 0.6 is 11.3 Å². The molecule has 0 aromatic carbocycles. The molecule has 1 aliphatic heterocycles. The van der Waals surface area contributed by atoms with Crippen LogP contribution in [-0.2, 0) is 16.6 Å². The lowest BCUT2D eigenvalue weighted by Crippen LogP contribution is -2.38. The molecular formula is C14H25N3O2S2. The Hall–Kier alpha value is -0.470. The largest absolute Gasteiger partial charge is 0.313 e. The maximum atomic E-state index is 12.3. The highest BCUT2D eigenvalue weighted by Crippen LogP contribution is 2.21. The number of likely N-dealkylation sites (tertiary alicyclic amines) is 1. The minimum Gasteiger partial charge on any atom is -0.313 e. The van der Waals surface area contributed by atoms with Crippen molar-refractivity contribution in [1.29, 1.82) is 0 Å². The van der Waals surface area contributed by atoms with Gasteiger partial charge in [-0.25, -0.2) is 13.1 Å². The van der Waals surface area contributed by atoms with Crippen LogP contribution in [0.5, 0.6) is 0 Å². The van der Waals surface area contributed by atoms with E-state index in [2.05, 4.69) is 22.0 Å². The molecule has 2 heterocycles. The summed E-state index contributed by atoms with van der Waals surface area (Å²) in [6, 6.07) is 1.77. The Labute approximate surface area is 131 Å². The molecule has 0 bridgehead atoms. The first-order valence-corrected chi connectivity index (χ1v) is 9.84. The first-order valence-electron chi connectivity index (χ1n) is 7.47. The van der Waals surface area contributed by atoms with E-state index in [1.807, 2.05) is 12.3 Å². The van der Waals surface area contributed by atoms with Crippen LogP contribution < -0.4 is 10.0 Å². The number of rotatable bonds is 7. The number of nitrogens with zero attached hydrogens (tertiary/aromatic N) is 1. The van der Waals surface area contributed by atoms with Gasteiger partial charge in [-0.3, -0.25) is 0 Å². The van der Waals surface area contributed by atoms with Crippen molar-refractivity contribution in [2.45, 2.75) is 30.5 Å². The predicted octanol–water partition coefficient (Wildman–Crippen LogP) is 1.48. The maximum absolute atomic E-state index is 12.3. The zero-order valence-corrected chi connectivity index (χ0v) is 14.4. The van der Waals surface area contributed by atoms with Crippen molar-refractivity contribution in [1.82, 2.24) is 14.9 Å². The van der Waals surface area contributed by atoms with Gasteiger partial charge in [-0.2, -0.15) is 0 Å². The average Bonchev–Trinajstić information content (AvgIpc) is 2.93. The first kappa shape index (κ1) is 16.9. The summed E-state index contributed by atoms with van der Waals surface area (Å²) in [5.41, 5.74) is 1.03. The van der Waals surface area contributed by atoms with Gasteiger partial charge in [0.1, 0.15) is 4.21 Å². The molecule has 1 aromatic rings. The standard InChI is InChI=1S/C14H25N3O2S2/c1-3-15-8-13-7-14(20-11-13)21(18,19)16-9-12-5-4-6-17(2)10-12/h7,11-12,15-16H,3-6,8-10H2,1-2H3. The van der Waals surface area contributed by atoms with Gasteiger partial charge in [0.05, 0.1) is 0 Å².